The summed E-state index contributed by atoms with van der Waals surface area (Å²) in [5, 5.41) is 1.80. The SMILES string of the molecule is Cc1ccc(Oc2ccc3cnccc3c2N)cc1F. The minimum atomic E-state index is -0.300. The molecule has 1 aromatic heterocycles. The van der Waals surface area contributed by atoms with Gasteiger partial charge in [-0.2, -0.15) is 0 Å². The van der Waals surface area contributed by atoms with Crippen molar-refractivity contribution in [1.29, 1.82) is 0 Å². The van der Waals surface area contributed by atoms with Gasteiger partial charge in [-0.15, -0.1) is 0 Å². The molecule has 0 aliphatic rings. The van der Waals surface area contributed by atoms with Crippen molar-refractivity contribution in [2.75, 3.05) is 5.73 Å². The highest BCUT2D eigenvalue weighted by Crippen LogP contribution is 2.33. The predicted octanol–water partition coefficient (Wildman–Crippen LogP) is 4.06. The molecule has 0 bridgehead atoms. The molecule has 0 aliphatic carbocycles. The smallest absolute Gasteiger partial charge is 0.150 e. The molecule has 0 fully saturated rings. The number of halogens is 1. The molecule has 0 radical (unpaired) electrons. The first-order valence-electron chi connectivity index (χ1n) is 6.21. The molecule has 0 saturated carbocycles. The van der Waals surface area contributed by atoms with Crippen LogP contribution in [0, 0.1) is 12.7 Å². The Labute approximate surface area is 115 Å². The van der Waals surface area contributed by atoms with Crippen molar-refractivity contribution < 1.29 is 9.13 Å². The molecule has 0 saturated heterocycles. The van der Waals surface area contributed by atoms with Gasteiger partial charge in [-0.1, -0.05) is 6.07 Å². The summed E-state index contributed by atoms with van der Waals surface area (Å²) in [5.74, 6) is 0.631. The van der Waals surface area contributed by atoms with E-state index in [1.807, 2.05) is 12.1 Å². The summed E-state index contributed by atoms with van der Waals surface area (Å²) in [5.41, 5.74) is 7.19. The highest BCUT2D eigenvalue weighted by molar-refractivity contribution is 5.95. The lowest BCUT2D eigenvalue weighted by atomic mass is 10.1. The number of rotatable bonds is 2. The number of hydrogen-bond acceptors (Lipinski definition) is 3. The molecule has 0 amide bonds. The lowest BCUT2D eigenvalue weighted by Crippen LogP contribution is -1.94. The maximum atomic E-state index is 13.5. The number of pyridine rings is 1. The first-order chi connectivity index (χ1) is 9.65. The Morgan fingerprint density at radius 2 is 2.00 bits per heavy atom. The van der Waals surface area contributed by atoms with E-state index in [4.69, 9.17) is 10.5 Å². The normalized spacial score (nSPS) is 10.7. The number of benzene rings is 2. The van der Waals surface area contributed by atoms with Crippen molar-refractivity contribution in [3.63, 3.8) is 0 Å². The van der Waals surface area contributed by atoms with Gasteiger partial charge in [0.2, 0.25) is 0 Å². The number of aromatic nitrogens is 1. The zero-order chi connectivity index (χ0) is 14.1. The monoisotopic (exact) mass is 268 g/mol. The molecule has 0 atom stereocenters. The number of ether oxygens (including phenoxy) is 1. The van der Waals surface area contributed by atoms with Gasteiger partial charge >= 0.3 is 0 Å². The average molecular weight is 268 g/mol. The van der Waals surface area contributed by atoms with Crippen LogP contribution in [0.1, 0.15) is 5.56 Å². The first kappa shape index (κ1) is 12.4. The van der Waals surface area contributed by atoms with Gasteiger partial charge in [0, 0.05) is 29.2 Å². The molecule has 4 heteroatoms. The number of fused-ring (bicyclic) bond motifs is 1. The molecule has 3 aromatic rings. The third kappa shape index (κ3) is 2.16. The van der Waals surface area contributed by atoms with E-state index in [1.165, 1.54) is 6.07 Å². The van der Waals surface area contributed by atoms with Crippen LogP contribution in [-0.2, 0) is 0 Å². The van der Waals surface area contributed by atoms with Gasteiger partial charge in [-0.3, -0.25) is 4.98 Å². The Morgan fingerprint density at radius 1 is 1.15 bits per heavy atom. The summed E-state index contributed by atoms with van der Waals surface area (Å²) in [6, 6.07) is 10.2. The molecule has 1 heterocycles. The Hall–Kier alpha value is -2.62. The maximum absolute atomic E-state index is 13.5. The number of anilines is 1. The van der Waals surface area contributed by atoms with E-state index in [2.05, 4.69) is 4.98 Å². The van der Waals surface area contributed by atoms with Crippen molar-refractivity contribution in [3.8, 4) is 11.5 Å². The van der Waals surface area contributed by atoms with E-state index in [0.717, 1.165) is 10.8 Å². The van der Waals surface area contributed by atoms with Crippen LogP contribution in [0.2, 0.25) is 0 Å². The summed E-state index contributed by atoms with van der Waals surface area (Å²) < 4.78 is 19.2. The van der Waals surface area contributed by atoms with Gasteiger partial charge in [0.25, 0.3) is 0 Å². The minimum Gasteiger partial charge on any atom is -0.455 e. The van der Waals surface area contributed by atoms with Crippen molar-refractivity contribution in [3.05, 3.63) is 60.2 Å². The molecular formula is C16H13FN2O. The van der Waals surface area contributed by atoms with Gasteiger partial charge in [0.1, 0.15) is 11.6 Å². The molecule has 20 heavy (non-hydrogen) atoms. The summed E-state index contributed by atoms with van der Waals surface area (Å²) in [4.78, 5) is 4.04. The van der Waals surface area contributed by atoms with Gasteiger partial charge in [0.05, 0.1) is 5.69 Å². The van der Waals surface area contributed by atoms with E-state index < -0.39 is 0 Å². The quantitative estimate of drug-likeness (QED) is 0.713. The van der Waals surface area contributed by atoms with Crippen molar-refractivity contribution >= 4 is 16.5 Å². The summed E-state index contributed by atoms with van der Waals surface area (Å²) in [7, 11) is 0. The van der Waals surface area contributed by atoms with Gasteiger partial charge in [-0.25, -0.2) is 4.39 Å². The van der Waals surface area contributed by atoms with E-state index >= 15 is 0 Å². The van der Waals surface area contributed by atoms with Gasteiger partial charge in [-0.05, 0) is 36.8 Å². The molecule has 100 valence electrons. The van der Waals surface area contributed by atoms with E-state index in [1.54, 1.807) is 37.5 Å². The maximum Gasteiger partial charge on any atom is 0.150 e. The topological polar surface area (TPSA) is 48.1 Å². The van der Waals surface area contributed by atoms with Crippen LogP contribution in [-0.4, -0.2) is 4.98 Å². The van der Waals surface area contributed by atoms with E-state index in [9.17, 15) is 4.39 Å². The largest absolute Gasteiger partial charge is 0.455 e. The summed E-state index contributed by atoms with van der Waals surface area (Å²) >= 11 is 0. The summed E-state index contributed by atoms with van der Waals surface area (Å²) in [6.45, 7) is 1.70. The van der Waals surface area contributed by atoms with Crippen LogP contribution in [0.25, 0.3) is 10.8 Å². The molecule has 3 rings (SSSR count). The van der Waals surface area contributed by atoms with Crippen molar-refractivity contribution in [1.82, 2.24) is 4.98 Å². The second-order valence-electron chi connectivity index (χ2n) is 4.59. The second kappa shape index (κ2) is 4.81. The molecule has 3 nitrogen and oxygen atoms in total. The highest BCUT2D eigenvalue weighted by atomic mass is 19.1. The Bertz CT molecular complexity index is 787. The fourth-order valence-electron chi connectivity index (χ4n) is 2.03. The Balaban J connectivity index is 2.02. The highest BCUT2D eigenvalue weighted by Gasteiger charge is 2.08. The lowest BCUT2D eigenvalue weighted by Gasteiger charge is -2.11. The number of nitrogens with two attached hydrogens (primary N) is 1. The van der Waals surface area contributed by atoms with Crippen molar-refractivity contribution in [2.45, 2.75) is 6.92 Å². The third-order valence-electron chi connectivity index (χ3n) is 3.19. The van der Waals surface area contributed by atoms with Gasteiger partial charge < -0.3 is 10.5 Å². The number of nitrogen functional groups attached to an aromatic ring is 1. The first-order valence-corrected chi connectivity index (χ1v) is 6.21. The van der Waals surface area contributed by atoms with Crippen LogP contribution < -0.4 is 10.5 Å². The van der Waals surface area contributed by atoms with Crippen LogP contribution >= 0.6 is 0 Å². The lowest BCUT2D eigenvalue weighted by molar-refractivity contribution is 0.479. The second-order valence-corrected chi connectivity index (χ2v) is 4.59. The molecule has 2 aromatic carbocycles. The fraction of sp³-hybridized carbons (Fsp3) is 0.0625. The van der Waals surface area contributed by atoms with E-state index in [0.29, 0.717) is 22.7 Å². The van der Waals surface area contributed by atoms with Crippen molar-refractivity contribution in [2.24, 2.45) is 0 Å². The fourth-order valence-corrected chi connectivity index (χ4v) is 2.03. The zero-order valence-electron chi connectivity index (χ0n) is 10.9. The molecule has 2 N–H and O–H groups in total. The summed E-state index contributed by atoms with van der Waals surface area (Å²) in [6.07, 6.45) is 3.41. The molecule has 0 spiro atoms. The average Bonchev–Trinajstić information content (AvgIpc) is 2.46. The molecule has 0 aliphatic heterocycles. The van der Waals surface area contributed by atoms with Gasteiger partial charge in [0.15, 0.2) is 5.75 Å². The molecule has 0 unspecified atom stereocenters. The zero-order valence-corrected chi connectivity index (χ0v) is 10.9. The van der Waals surface area contributed by atoms with Crippen LogP contribution in [0.4, 0.5) is 10.1 Å². The van der Waals surface area contributed by atoms with Crippen LogP contribution in [0.5, 0.6) is 11.5 Å². The number of aryl methyl sites for hydroxylation is 1. The van der Waals surface area contributed by atoms with Crippen LogP contribution in [0.15, 0.2) is 48.8 Å². The number of nitrogens with zero attached hydrogens (tertiary/aromatic N) is 1. The molecular weight excluding hydrogens is 255 g/mol. The minimum absolute atomic E-state index is 0.300. The van der Waals surface area contributed by atoms with Crippen LogP contribution in [0.3, 0.4) is 0 Å². The Kier molecular flexibility index (Phi) is 2.99. The third-order valence-corrected chi connectivity index (χ3v) is 3.19. The van der Waals surface area contributed by atoms with E-state index in [-0.39, 0.29) is 5.82 Å². The predicted molar refractivity (Wildman–Crippen MR) is 77.4 cm³/mol. The number of hydrogen-bond donors (Lipinski definition) is 1. The standard InChI is InChI=1S/C16H13FN2O/c1-10-2-4-12(8-14(10)17)20-15-5-3-11-9-19-7-6-13(11)16(15)18/h2-9H,18H2,1H3. The Morgan fingerprint density at radius 3 is 2.80 bits per heavy atom.